The number of ether oxygens (including phenoxy) is 2. The van der Waals surface area contributed by atoms with Gasteiger partial charge in [-0.2, -0.15) is 0 Å². The minimum atomic E-state index is -3.31. The number of carbonyl (C=O) groups excluding carboxylic acids is 1. The maximum atomic E-state index is 12.0. The third kappa shape index (κ3) is 4.36. The number of nitrogens with zero attached hydrogens (tertiary/aromatic N) is 3. The van der Waals surface area contributed by atoms with Crippen LogP contribution < -0.4 is 5.32 Å². The van der Waals surface area contributed by atoms with Crippen molar-refractivity contribution >= 4 is 21.8 Å². The molecule has 23 heavy (non-hydrogen) atoms. The van der Waals surface area contributed by atoms with Gasteiger partial charge in [0.2, 0.25) is 10.0 Å². The Morgan fingerprint density at radius 1 is 1.39 bits per heavy atom. The minimum absolute atomic E-state index is 0.00859. The van der Waals surface area contributed by atoms with E-state index >= 15 is 0 Å². The number of esters is 1. The van der Waals surface area contributed by atoms with E-state index in [1.54, 1.807) is 0 Å². The number of anilines is 1. The predicted octanol–water partition coefficient (Wildman–Crippen LogP) is -0.418. The average Bonchev–Trinajstić information content (AvgIpc) is 2.93. The van der Waals surface area contributed by atoms with Crippen molar-refractivity contribution in [1.82, 2.24) is 14.3 Å². The maximum absolute atomic E-state index is 12.0. The fourth-order valence-electron chi connectivity index (χ4n) is 2.14. The Balaban J connectivity index is 2.02. The molecule has 0 aliphatic carbocycles. The van der Waals surface area contributed by atoms with Crippen LogP contribution in [-0.4, -0.2) is 74.9 Å². The zero-order valence-corrected chi connectivity index (χ0v) is 14.0. The Morgan fingerprint density at radius 2 is 2.13 bits per heavy atom. The van der Waals surface area contributed by atoms with Gasteiger partial charge in [0.15, 0.2) is 5.69 Å². The van der Waals surface area contributed by atoms with E-state index in [0.29, 0.717) is 19.0 Å². The molecule has 1 aliphatic rings. The first kappa shape index (κ1) is 17.6. The first-order valence-electron chi connectivity index (χ1n) is 6.98. The summed E-state index contributed by atoms with van der Waals surface area (Å²) >= 11 is 0. The van der Waals surface area contributed by atoms with Crippen molar-refractivity contribution in [2.24, 2.45) is 5.92 Å². The normalized spacial score (nSPS) is 21.4. The summed E-state index contributed by atoms with van der Waals surface area (Å²) in [6.07, 6.45) is 2.71. The van der Waals surface area contributed by atoms with Crippen LogP contribution in [0.5, 0.6) is 0 Å². The van der Waals surface area contributed by atoms with E-state index in [4.69, 9.17) is 4.74 Å². The molecule has 0 unspecified atom stereocenters. The van der Waals surface area contributed by atoms with Gasteiger partial charge in [-0.3, -0.25) is 0 Å². The second-order valence-corrected chi connectivity index (χ2v) is 7.62. The van der Waals surface area contributed by atoms with E-state index in [9.17, 15) is 13.2 Å². The lowest BCUT2D eigenvalue weighted by Gasteiger charge is -2.21. The summed E-state index contributed by atoms with van der Waals surface area (Å²) in [6, 6.07) is -0.192. The SMILES string of the molecule is COC(=O)c1cnc(N[C@@H]2COC[C@H]2CS(=O)(=O)N(C)C)cn1. The lowest BCUT2D eigenvalue weighted by atomic mass is 10.1. The smallest absolute Gasteiger partial charge is 0.358 e. The second-order valence-electron chi connectivity index (χ2n) is 5.39. The highest BCUT2D eigenvalue weighted by Gasteiger charge is 2.33. The number of sulfonamides is 1. The summed E-state index contributed by atoms with van der Waals surface area (Å²) in [5.41, 5.74) is 0.104. The average molecular weight is 344 g/mol. The second kappa shape index (κ2) is 7.20. The quantitative estimate of drug-likeness (QED) is 0.693. The molecule has 0 saturated carbocycles. The van der Waals surface area contributed by atoms with Crippen molar-refractivity contribution in [3.8, 4) is 0 Å². The Kier molecular flexibility index (Phi) is 5.50. The molecule has 1 aliphatic heterocycles. The number of rotatable bonds is 6. The van der Waals surface area contributed by atoms with Crippen LogP contribution in [0, 0.1) is 5.92 Å². The number of hydrogen-bond acceptors (Lipinski definition) is 8. The molecule has 1 saturated heterocycles. The predicted molar refractivity (Wildman–Crippen MR) is 82.6 cm³/mol. The minimum Gasteiger partial charge on any atom is -0.464 e. The summed E-state index contributed by atoms with van der Waals surface area (Å²) < 4.78 is 35.1. The fraction of sp³-hybridized carbons (Fsp3) is 0.615. The van der Waals surface area contributed by atoms with Crippen LogP contribution in [0.25, 0.3) is 0 Å². The Labute approximate surface area is 135 Å². The lowest BCUT2D eigenvalue weighted by molar-refractivity contribution is 0.0593. The van der Waals surface area contributed by atoms with E-state index in [1.807, 2.05) is 0 Å². The lowest BCUT2D eigenvalue weighted by Crippen LogP contribution is -2.37. The first-order valence-corrected chi connectivity index (χ1v) is 8.59. The van der Waals surface area contributed by atoms with Crippen molar-refractivity contribution in [2.75, 3.05) is 45.5 Å². The number of nitrogens with one attached hydrogen (secondary N) is 1. The molecule has 2 atom stereocenters. The van der Waals surface area contributed by atoms with Gasteiger partial charge in [0.25, 0.3) is 0 Å². The third-order valence-electron chi connectivity index (χ3n) is 3.56. The summed E-state index contributed by atoms with van der Waals surface area (Å²) in [4.78, 5) is 19.3. The Morgan fingerprint density at radius 3 is 2.70 bits per heavy atom. The molecule has 1 aromatic rings. The topological polar surface area (TPSA) is 111 Å². The van der Waals surface area contributed by atoms with E-state index in [2.05, 4.69) is 20.0 Å². The number of hydrogen-bond donors (Lipinski definition) is 1. The molecule has 1 aromatic heterocycles. The number of aromatic nitrogens is 2. The highest BCUT2D eigenvalue weighted by Crippen LogP contribution is 2.20. The van der Waals surface area contributed by atoms with Gasteiger partial charge in [-0.1, -0.05) is 0 Å². The Hall–Kier alpha value is -1.78. The van der Waals surface area contributed by atoms with E-state index in [0.717, 1.165) is 0 Å². The molecule has 1 fully saturated rings. The summed E-state index contributed by atoms with van der Waals surface area (Å²) in [6.45, 7) is 0.743. The van der Waals surface area contributed by atoms with Crippen LogP contribution in [0.15, 0.2) is 12.4 Å². The molecular formula is C13H20N4O5S. The zero-order chi connectivity index (χ0) is 17.0. The van der Waals surface area contributed by atoms with Crippen LogP contribution in [-0.2, 0) is 19.5 Å². The summed E-state index contributed by atoms with van der Waals surface area (Å²) in [5.74, 6) is -0.321. The van der Waals surface area contributed by atoms with E-state index < -0.39 is 16.0 Å². The molecule has 128 valence electrons. The number of methoxy groups -OCH3 is 1. The molecule has 0 spiro atoms. The summed E-state index contributed by atoms with van der Waals surface area (Å²) in [5, 5.41) is 3.10. The molecule has 2 heterocycles. The molecule has 1 N–H and O–H groups in total. The van der Waals surface area contributed by atoms with E-state index in [1.165, 1.54) is 37.9 Å². The third-order valence-corrected chi connectivity index (χ3v) is 5.52. The van der Waals surface area contributed by atoms with Gasteiger partial charge in [0.05, 0.1) is 44.5 Å². The number of carbonyl (C=O) groups is 1. The van der Waals surface area contributed by atoms with Crippen LogP contribution in [0.3, 0.4) is 0 Å². The molecule has 0 bridgehead atoms. The van der Waals surface area contributed by atoms with Gasteiger partial charge in [-0.25, -0.2) is 27.5 Å². The summed E-state index contributed by atoms with van der Waals surface area (Å²) in [7, 11) is 0.963. The van der Waals surface area contributed by atoms with Gasteiger partial charge in [0, 0.05) is 20.0 Å². The van der Waals surface area contributed by atoms with Gasteiger partial charge < -0.3 is 14.8 Å². The monoisotopic (exact) mass is 344 g/mol. The van der Waals surface area contributed by atoms with Crippen molar-refractivity contribution in [2.45, 2.75) is 6.04 Å². The maximum Gasteiger partial charge on any atom is 0.358 e. The van der Waals surface area contributed by atoms with Crippen LogP contribution in [0.1, 0.15) is 10.5 Å². The van der Waals surface area contributed by atoms with Crippen molar-refractivity contribution < 1.29 is 22.7 Å². The van der Waals surface area contributed by atoms with Crippen LogP contribution in [0.2, 0.25) is 0 Å². The van der Waals surface area contributed by atoms with Crippen molar-refractivity contribution in [3.05, 3.63) is 18.1 Å². The van der Waals surface area contributed by atoms with Crippen molar-refractivity contribution in [1.29, 1.82) is 0 Å². The van der Waals surface area contributed by atoms with Gasteiger partial charge in [0.1, 0.15) is 5.82 Å². The molecule has 10 heteroatoms. The zero-order valence-electron chi connectivity index (χ0n) is 13.2. The van der Waals surface area contributed by atoms with Crippen molar-refractivity contribution in [3.63, 3.8) is 0 Å². The first-order chi connectivity index (χ1) is 10.8. The molecule has 9 nitrogen and oxygen atoms in total. The fourth-order valence-corrected chi connectivity index (χ4v) is 3.31. The van der Waals surface area contributed by atoms with Gasteiger partial charge in [-0.05, 0) is 0 Å². The highest BCUT2D eigenvalue weighted by atomic mass is 32.2. The van der Waals surface area contributed by atoms with E-state index in [-0.39, 0.29) is 23.4 Å². The van der Waals surface area contributed by atoms with Gasteiger partial charge >= 0.3 is 5.97 Å². The highest BCUT2D eigenvalue weighted by molar-refractivity contribution is 7.89. The van der Waals surface area contributed by atoms with Gasteiger partial charge in [-0.15, -0.1) is 0 Å². The Bertz CT molecular complexity index is 647. The molecule has 2 rings (SSSR count). The molecule has 0 radical (unpaired) electrons. The van der Waals surface area contributed by atoms with Crippen LogP contribution >= 0.6 is 0 Å². The molecule has 0 aromatic carbocycles. The largest absolute Gasteiger partial charge is 0.464 e. The molecular weight excluding hydrogens is 324 g/mol. The van der Waals surface area contributed by atoms with Crippen LogP contribution in [0.4, 0.5) is 5.82 Å². The molecule has 0 amide bonds. The standard InChI is InChI=1S/C13H20N4O5S/c1-17(2)23(19,20)8-9-6-22-7-11(9)16-12-5-14-10(4-15-12)13(18)21-3/h4-5,9,11H,6-8H2,1-3H3,(H,15,16)/t9-,11+/m0/s1.